The summed E-state index contributed by atoms with van der Waals surface area (Å²) in [6.07, 6.45) is 1.87. The Morgan fingerprint density at radius 1 is 1.24 bits per heavy atom. The SMILES string of the molecule is CCc1ccc(OC(C)C(N)CC)c(OC)c1. The molecular formula is C14H23NO2. The lowest BCUT2D eigenvalue weighted by Crippen LogP contribution is -2.35. The lowest BCUT2D eigenvalue weighted by molar-refractivity contribution is 0.180. The van der Waals surface area contributed by atoms with E-state index in [0.717, 1.165) is 24.3 Å². The van der Waals surface area contributed by atoms with Gasteiger partial charge in [0.15, 0.2) is 11.5 Å². The smallest absolute Gasteiger partial charge is 0.161 e. The van der Waals surface area contributed by atoms with Crippen LogP contribution < -0.4 is 15.2 Å². The Labute approximate surface area is 104 Å². The van der Waals surface area contributed by atoms with Crippen LogP contribution in [0.15, 0.2) is 18.2 Å². The summed E-state index contributed by atoms with van der Waals surface area (Å²) < 4.78 is 11.2. The second-order valence-electron chi connectivity index (χ2n) is 4.23. The summed E-state index contributed by atoms with van der Waals surface area (Å²) in [6, 6.07) is 6.07. The van der Waals surface area contributed by atoms with Crippen LogP contribution in [0.4, 0.5) is 0 Å². The van der Waals surface area contributed by atoms with Crippen LogP contribution in [0.3, 0.4) is 0 Å². The Bertz CT molecular complexity index is 352. The van der Waals surface area contributed by atoms with E-state index in [1.54, 1.807) is 7.11 Å². The average Bonchev–Trinajstić information content (AvgIpc) is 2.37. The van der Waals surface area contributed by atoms with Crippen LogP contribution in [0.2, 0.25) is 0 Å². The highest BCUT2D eigenvalue weighted by molar-refractivity contribution is 5.43. The predicted molar refractivity (Wildman–Crippen MR) is 70.7 cm³/mol. The summed E-state index contributed by atoms with van der Waals surface area (Å²) in [5, 5.41) is 0. The topological polar surface area (TPSA) is 44.5 Å². The summed E-state index contributed by atoms with van der Waals surface area (Å²) in [5.74, 6) is 1.54. The fourth-order valence-corrected chi connectivity index (χ4v) is 1.65. The maximum atomic E-state index is 5.95. The molecular weight excluding hydrogens is 214 g/mol. The second-order valence-corrected chi connectivity index (χ2v) is 4.23. The molecule has 0 saturated heterocycles. The fraction of sp³-hybridized carbons (Fsp3) is 0.571. The number of ether oxygens (including phenoxy) is 2. The van der Waals surface area contributed by atoms with Gasteiger partial charge < -0.3 is 15.2 Å². The minimum absolute atomic E-state index is 0.0126. The van der Waals surface area contributed by atoms with Gasteiger partial charge in [0.25, 0.3) is 0 Å². The van der Waals surface area contributed by atoms with Gasteiger partial charge in [-0.2, -0.15) is 0 Å². The molecule has 96 valence electrons. The first kappa shape index (κ1) is 13.8. The average molecular weight is 237 g/mol. The summed E-state index contributed by atoms with van der Waals surface area (Å²) in [5.41, 5.74) is 7.18. The number of aryl methyl sites for hydroxylation is 1. The van der Waals surface area contributed by atoms with Crippen LogP contribution in [-0.4, -0.2) is 19.3 Å². The minimum atomic E-state index is -0.0126. The maximum Gasteiger partial charge on any atom is 0.161 e. The van der Waals surface area contributed by atoms with E-state index in [2.05, 4.69) is 19.9 Å². The van der Waals surface area contributed by atoms with Crippen LogP contribution in [0.5, 0.6) is 11.5 Å². The van der Waals surface area contributed by atoms with Crippen LogP contribution in [-0.2, 0) is 6.42 Å². The first-order valence-electron chi connectivity index (χ1n) is 6.21. The Morgan fingerprint density at radius 3 is 2.47 bits per heavy atom. The van der Waals surface area contributed by atoms with Gasteiger partial charge >= 0.3 is 0 Å². The fourth-order valence-electron chi connectivity index (χ4n) is 1.65. The highest BCUT2D eigenvalue weighted by Gasteiger charge is 2.14. The molecule has 2 unspecified atom stereocenters. The van der Waals surface area contributed by atoms with Crippen LogP contribution >= 0.6 is 0 Å². The quantitative estimate of drug-likeness (QED) is 0.827. The van der Waals surface area contributed by atoms with Crippen LogP contribution in [0, 0.1) is 0 Å². The van der Waals surface area contributed by atoms with Crippen molar-refractivity contribution >= 4 is 0 Å². The normalized spacial score (nSPS) is 14.2. The maximum absolute atomic E-state index is 5.95. The van der Waals surface area contributed by atoms with Crippen LogP contribution in [0.25, 0.3) is 0 Å². The molecule has 0 radical (unpaired) electrons. The van der Waals surface area contributed by atoms with Crippen molar-refractivity contribution in [3.05, 3.63) is 23.8 Å². The first-order valence-corrected chi connectivity index (χ1v) is 6.21. The molecule has 1 aromatic carbocycles. The van der Waals surface area contributed by atoms with Gasteiger partial charge in [-0.3, -0.25) is 0 Å². The van der Waals surface area contributed by atoms with E-state index in [0.29, 0.717) is 0 Å². The Balaban J connectivity index is 2.83. The molecule has 0 heterocycles. The third-order valence-corrected chi connectivity index (χ3v) is 3.02. The van der Waals surface area contributed by atoms with Crippen LogP contribution in [0.1, 0.15) is 32.8 Å². The molecule has 1 rings (SSSR count). The van der Waals surface area contributed by atoms with Crippen molar-refractivity contribution in [1.29, 1.82) is 0 Å². The summed E-state index contributed by atoms with van der Waals surface area (Å²) in [7, 11) is 1.66. The van der Waals surface area contributed by atoms with Gasteiger partial charge in [-0.15, -0.1) is 0 Å². The van der Waals surface area contributed by atoms with Gasteiger partial charge in [-0.25, -0.2) is 0 Å². The van der Waals surface area contributed by atoms with Crippen molar-refractivity contribution < 1.29 is 9.47 Å². The molecule has 0 aromatic heterocycles. The second kappa shape index (κ2) is 6.50. The number of nitrogens with two attached hydrogens (primary N) is 1. The largest absolute Gasteiger partial charge is 0.493 e. The lowest BCUT2D eigenvalue weighted by atomic mass is 10.1. The molecule has 0 fully saturated rings. The van der Waals surface area contributed by atoms with Crippen molar-refractivity contribution in [3.63, 3.8) is 0 Å². The molecule has 0 aliphatic heterocycles. The standard InChI is InChI=1S/C14H23NO2/c1-5-11-7-8-13(14(9-11)16-4)17-10(3)12(15)6-2/h7-10,12H,5-6,15H2,1-4H3. The number of hydrogen-bond acceptors (Lipinski definition) is 3. The molecule has 2 N–H and O–H groups in total. The van der Waals surface area contributed by atoms with E-state index in [9.17, 15) is 0 Å². The molecule has 0 bridgehead atoms. The molecule has 1 aromatic rings. The third kappa shape index (κ3) is 3.63. The molecule has 17 heavy (non-hydrogen) atoms. The minimum Gasteiger partial charge on any atom is -0.493 e. The van der Waals surface area contributed by atoms with E-state index in [4.69, 9.17) is 15.2 Å². The van der Waals surface area contributed by atoms with Crippen molar-refractivity contribution in [2.24, 2.45) is 5.73 Å². The van der Waals surface area contributed by atoms with E-state index in [1.165, 1.54) is 5.56 Å². The zero-order valence-corrected chi connectivity index (χ0v) is 11.2. The Morgan fingerprint density at radius 2 is 1.94 bits per heavy atom. The monoisotopic (exact) mass is 237 g/mol. The van der Waals surface area contributed by atoms with E-state index < -0.39 is 0 Å². The van der Waals surface area contributed by atoms with Gasteiger partial charge in [0, 0.05) is 6.04 Å². The van der Waals surface area contributed by atoms with Crippen molar-refractivity contribution in [2.75, 3.05) is 7.11 Å². The molecule has 0 aliphatic rings. The summed E-state index contributed by atoms with van der Waals surface area (Å²) >= 11 is 0. The highest BCUT2D eigenvalue weighted by atomic mass is 16.5. The predicted octanol–water partition coefficient (Wildman–Crippen LogP) is 2.76. The van der Waals surface area contributed by atoms with Crippen molar-refractivity contribution in [2.45, 2.75) is 45.8 Å². The molecule has 0 spiro atoms. The Kier molecular flexibility index (Phi) is 5.29. The number of rotatable bonds is 6. The van der Waals surface area contributed by atoms with Gasteiger partial charge in [-0.05, 0) is 37.5 Å². The first-order chi connectivity index (χ1) is 8.12. The van der Waals surface area contributed by atoms with Gasteiger partial charge in [0.2, 0.25) is 0 Å². The molecule has 3 nitrogen and oxygen atoms in total. The lowest BCUT2D eigenvalue weighted by Gasteiger charge is -2.21. The van der Waals surface area contributed by atoms with Gasteiger partial charge in [-0.1, -0.05) is 19.9 Å². The van der Waals surface area contributed by atoms with Gasteiger partial charge in [0.1, 0.15) is 6.10 Å². The van der Waals surface area contributed by atoms with E-state index >= 15 is 0 Å². The number of hydrogen-bond donors (Lipinski definition) is 1. The zero-order valence-electron chi connectivity index (χ0n) is 11.2. The number of methoxy groups -OCH3 is 1. The van der Waals surface area contributed by atoms with E-state index in [1.807, 2.05) is 19.1 Å². The molecule has 3 heteroatoms. The molecule has 0 saturated carbocycles. The molecule has 0 aliphatic carbocycles. The summed E-state index contributed by atoms with van der Waals surface area (Å²) in [4.78, 5) is 0. The molecule has 0 amide bonds. The summed E-state index contributed by atoms with van der Waals surface area (Å²) in [6.45, 7) is 6.16. The van der Waals surface area contributed by atoms with Crippen molar-refractivity contribution in [3.8, 4) is 11.5 Å². The Hall–Kier alpha value is -1.22. The highest BCUT2D eigenvalue weighted by Crippen LogP contribution is 2.29. The van der Waals surface area contributed by atoms with E-state index in [-0.39, 0.29) is 12.1 Å². The zero-order chi connectivity index (χ0) is 12.8. The molecule has 2 atom stereocenters. The van der Waals surface area contributed by atoms with Crippen molar-refractivity contribution in [1.82, 2.24) is 0 Å². The van der Waals surface area contributed by atoms with Gasteiger partial charge in [0.05, 0.1) is 7.11 Å². The third-order valence-electron chi connectivity index (χ3n) is 3.02. The number of benzene rings is 1.